The third kappa shape index (κ3) is 3.01. The normalized spacial score (nSPS) is 18.0. The second kappa shape index (κ2) is 6.50. The molecule has 1 N–H and O–H groups in total. The molecule has 7 heteroatoms. The molecule has 1 saturated heterocycles. The second-order valence-electron chi connectivity index (χ2n) is 5.97. The number of hydrogen-bond donors (Lipinski definition) is 1. The molecule has 0 unspecified atom stereocenters. The summed E-state index contributed by atoms with van der Waals surface area (Å²) in [5.74, 6) is 1.58. The van der Waals surface area contributed by atoms with Crippen LogP contribution < -0.4 is 0 Å². The summed E-state index contributed by atoms with van der Waals surface area (Å²) in [5, 5.41) is 0. The molecule has 1 fully saturated rings. The molecule has 1 aliphatic rings. The highest BCUT2D eigenvalue weighted by Gasteiger charge is 2.31. The third-order valence-corrected chi connectivity index (χ3v) is 4.60. The van der Waals surface area contributed by atoms with Crippen molar-refractivity contribution in [1.29, 1.82) is 0 Å². The highest BCUT2D eigenvalue weighted by molar-refractivity contribution is 7.71. The third-order valence-electron chi connectivity index (χ3n) is 4.42. The monoisotopic (exact) mass is 358 g/mol. The van der Waals surface area contributed by atoms with E-state index in [1.807, 2.05) is 19.1 Å². The van der Waals surface area contributed by atoms with Crippen molar-refractivity contribution < 1.29 is 18.4 Å². The molecule has 0 radical (unpaired) electrons. The van der Waals surface area contributed by atoms with Gasteiger partial charge in [-0.15, -0.1) is 0 Å². The lowest BCUT2D eigenvalue weighted by atomic mass is 10.1. The molecule has 0 spiro atoms. The van der Waals surface area contributed by atoms with Crippen molar-refractivity contribution in [3.63, 3.8) is 0 Å². The van der Waals surface area contributed by atoms with Crippen molar-refractivity contribution in [2.24, 2.45) is 0 Å². The number of aromatic amines is 1. The highest BCUT2D eigenvalue weighted by atomic mass is 32.1. The molecule has 2 aromatic heterocycles. The van der Waals surface area contributed by atoms with Gasteiger partial charge in [-0.05, 0) is 42.5 Å². The van der Waals surface area contributed by atoms with E-state index in [2.05, 4.69) is 4.98 Å². The number of hydrogen-bond acceptors (Lipinski definition) is 5. The minimum atomic E-state index is -0.227. The van der Waals surface area contributed by atoms with Crippen LogP contribution in [0, 0.1) is 4.84 Å². The van der Waals surface area contributed by atoms with Gasteiger partial charge in [0, 0.05) is 18.5 Å². The summed E-state index contributed by atoms with van der Waals surface area (Å²) in [5.41, 5.74) is 1.91. The number of rotatable bonds is 3. The van der Waals surface area contributed by atoms with Crippen LogP contribution in [-0.4, -0.2) is 35.5 Å². The molecule has 4 rings (SSSR count). The average Bonchev–Trinajstić information content (AvgIpc) is 3.25. The van der Waals surface area contributed by atoms with Gasteiger partial charge in [-0.1, -0.05) is 6.92 Å². The van der Waals surface area contributed by atoms with E-state index in [0.29, 0.717) is 35.7 Å². The maximum absolute atomic E-state index is 13.1. The summed E-state index contributed by atoms with van der Waals surface area (Å²) in [4.78, 5) is 18.1. The molecule has 1 aliphatic heterocycles. The number of furan rings is 1. The number of carbonyl (C=O) groups excluding carboxylic acids is 1. The van der Waals surface area contributed by atoms with Gasteiger partial charge >= 0.3 is 0 Å². The van der Waals surface area contributed by atoms with E-state index in [1.165, 1.54) is 0 Å². The number of morpholine rings is 1. The first-order chi connectivity index (χ1) is 12.2. The van der Waals surface area contributed by atoms with E-state index in [9.17, 15) is 4.79 Å². The topological polar surface area (TPSA) is 71.6 Å². The van der Waals surface area contributed by atoms with Gasteiger partial charge in [0.1, 0.15) is 17.6 Å². The predicted octanol–water partition coefficient (Wildman–Crippen LogP) is 3.86. The summed E-state index contributed by atoms with van der Waals surface area (Å²) < 4.78 is 16.8. The molecule has 130 valence electrons. The summed E-state index contributed by atoms with van der Waals surface area (Å²) in [6.07, 6.45) is 0.816. The van der Waals surface area contributed by atoms with Crippen molar-refractivity contribution in [3.05, 3.63) is 52.3 Å². The molecule has 1 amide bonds. The predicted molar refractivity (Wildman–Crippen MR) is 94.1 cm³/mol. The second-order valence-corrected chi connectivity index (χ2v) is 6.34. The number of nitrogens with zero attached hydrogens (tertiary/aromatic N) is 1. The SMILES string of the molecule is CCc1ccc([C@@H]2COCCN2C(=O)c2ccc3[nH]c(=S)oc3c2)o1. The van der Waals surface area contributed by atoms with Crippen LogP contribution >= 0.6 is 12.2 Å². The molecule has 1 atom stereocenters. The number of amides is 1. The fraction of sp³-hybridized carbons (Fsp3) is 0.333. The Balaban J connectivity index is 1.66. The van der Waals surface area contributed by atoms with Crippen LogP contribution in [0.1, 0.15) is 34.8 Å². The van der Waals surface area contributed by atoms with E-state index < -0.39 is 0 Å². The average molecular weight is 358 g/mol. The lowest BCUT2D eigenvalue weighted by Crippen LogP contribution is -2.43. The first kappa shape index (κ1) is 16.1. The summed E-state index contributed by atoms with van der Waals surface area (Å²) in [7, 11) is 0. The smallest absolute Gasteiger partial charge is 0.266 e. The van der Waals surface area contributed by atoms with Gasteiger partial charge in [0.05, 0.1) is 18.7 Å². The number of fused-ring (bicyclic) bond motifs is 1. The first-order valence-electron chi connectivity index (χ1n) is 8.26. The molecule has 1 aromatic carbocycles. The van der Waals surface area contributed by atoms with Crippen LogP contribution in [-0.2, 0) is 11.2 Å². The quantitative estimate of drug-likeness (QED) is 0.720. The summed E-state index contributed by atoms with van der Waals surface area (Å²) >= 11 is 5.00. The first-order valence-corrected chi connectivity index (χ1v) is 8.66. The van der Waals surface area contributed by atoms with Gasteiger partial charge in [-0.3, -0.25) is 4.79 Å². The summed E-state index contributed by atoms with van der Waals surface area (Å²) in [6.45, 7) is 3.48. The Bertz CT molecular complexity index is 971. The Morgan fingerprint density at radius 2 is 2.20 bits per heavy atom. The van der Waals surface area contributed by atoms with Crippen LogP contribution in [0.15, 0.2) is 39.2 Å². The number of nitrogens with one attached hydrogen (secondary N) is 1. The van der Waals surface area contributed by atoms with Crippen molar-refractivity contribution in [2.45, 2.75) is 19.4 Å². The highest BCUT2D eigenvalue weighted by Crippen LogP contribution is 2.28. The van der Waals surface area contributed by atoms with Gasteiger partial charge in [0.25, 0.3) is 10.7 Å². The number of ether oxygens (including phenoxy) is 1. The Kier molecular flexibility index (Phi) is 4.19. The molecule has 0 aliphatic carbocycles. The van der Waals surface area contributed by atoms with Crippen molar-refractivity contribution in [3.8, 4) is 0 Å². The Labute approximate surface area is 149 Å². The number of oxazole rings is 1. The van der Waals surface area contributed by atoms with Gasteiger partial charge in [-0.2, -0.15) is 0 Å². The summed E-state index contributed by atoms with van der Waals surface area (Å²) in [6, 6.07) is 8.94. The van der Waals surface area contributed by atoms with Crippen LogP contribution in [0.2, 0.25) is 0 Å². The number of aryl methyl sites for hydroxylation is 1. The maximum atomic E-state index is 13.1. The Morgan fingerprint density at radius 1 is 1.32 bits per heavy atom. The van der Waals surface area contributed by atoms with Crippen molar-refractivity contribution >= 4 is 29.2 Å². The van der Waals surface area contributed by atoms with E-state index in [1.54, 1.807) is 23.1 Å². The van der Waals surface area contributed by atoms with Crippen molar-refractivity contribution in [2.75, 3.05) is 19.8 Å². The molecule has 0 saturated carbocycles. The lowest BCUT2D eigenvalue weighted by molar-refractivity contribution is -0.00900. The Morgan fingerprint density at radius 3 is 3.00 bits per heavy atom. The minimum Gasteiger partial charge on any atom is -0.464 e. The van der Waals surface area contributed by atoms with Crippen LogP contribution in [0.25, 0.3) is 11.1 Å². The number of carbonyl (C=O) groups is 1. The zero-order valence-electron chi connectivity index (χ0n) is 13.8. The van der Waals surface area contributed by atoms with Gasteiger partial charge in [0.15, 0.2) is 5.58 Å². The van der Waals surface area contributed by atoms with Crippen LogP contribution in [0.3, 0.4) is 0 Å². The zero-order valence-corrected chi connectivity index (χ0v) is 14.6. The molecule has 3 heterocycles. The minimum absolute atomic E-state index is 0.0769. The molecular weight excluding hydrogens is 340 g/mol. The van der Waals surface area contributed by atoms with Crippen LogP contribution in [0.5, 0.6) is 0 Å². The fourth-order valence-corrected chi connectivity index (χ4v) is 3.29. The molecule has 6 nitrogen and oxygen atoms in total. The Hall–Kier alpha value is -2.38. The van der Waals surface area contributed by atoms with E-state index in [0.717, 1.165) is 23.5 Å². The zero-order chi connectivity index (χ0) is 17.4. The van der Waals surface area contributed by atoms with E-state index in [-0.39, 0.29) is 11.9 Å². The van der Waals surface area contributed by atoms with Gasteiger partial charge in [0.2, 0.25) is 0 Å². The molecule has 3 aromatic rings. The standard InChI is InChI=1S/C18H18N2O4S/c1-2-12-4-6-15(23-12)14-10-22-8-7-20(14)17(21)11-3-5-13-16(9-11)24-18(25)19-13/h3-6,9,14H,2,7-8,10H2,1H3,(H,19,25)/t14-/m0/s1. The van der Waals surface area contributed by atoms with Crippen molar-refractivity contribution in [1.82, 2.24) is 9.88 Å². The van der Waals surface area contributed by atoms with Crippen LogP contribution in [0.4, 0.5) is 0 Å². The molecular formula is C18H18N2O4S. The maximum Gasteiger partial charge on any atom is 0.266 e. The fourth-order valence-electron chi connectivity index (χ4n) is 3.09. The number of aromatic nitrogens is 1. The molecule has 25 heavy (non-hydrogen) atoms. The molecule has 0 bridgehead atoms. The van der Waals surface area contributed by atoms with E-state index in [4.69, 9.17) is 25.8 Å². The van der Waals surface area contributed by atoms with Gasteiger partial charge < -0.3 is 23.5 Å². The number of benzene rings is 1. The number of H-pyrrole nitrogens is 1. The largest absolute Gasteiger partial charge is 0.464 e. The lowest BCUT2D eigenvalue weighted by Gasteiger charge is -2.34. The van der Waals surface area contributed by atoms with E-state index >= 15 is 0 Å². The van der Waals surface area contributed by atoms with Gasteiger partial charge in [-0.25, -0.2) is 0 Å².